The van der Waals surface area contributed by atoms with E-state index in [0.29, 0.717) is 6.54 Å². The van der Waals surface area contributed by atoms with Crippen LogP contribution in [0.3, 0.4) is 0 Å². The van der Waals surface area contributed by atoms with Crippen LogP contribution in [0.25, 0.3) is 0 Å². The highest BCUT2D eigenvalue weighted by atomic mass is 16.1. The molecule has 0 saturated carbocycles. The zero-order valence-electron chi connectivity index (χ0n) is 10.0. The number of nitrogens with one attached hydrogen (secondary N) is 1. The van der Waals surface area contributed by atoms with Gasteiger partial charge in [-0.15, -0.1) is 0 Å². The fraction of sp³-hybridized carbons (Fsp3) is 0.500. The summed E-state index contributed by atoms with van der Waals surface area (Å²) in [6.45, 7) is 0.385. The topological polar surface area (TPSA) is 72.9 Å². The lowest BCUT2D eigenvalue weighted by Crippen LogP contribution is -2.29. The molecule has 5 heteroatoms. The normalized spacial score (nSPS) is 19.3. The van der Waals surface area contributed by atoms with Crippen LogP contribution in [-0.4, -0.2) is 22.2 Å². The molecule has 0 bridgehead atoms. The summed E-state index contributed by atoms with van der Waals surface area (Å²) in [6.07, 6.45) is 8.09. The second-order valence-corrected chi connectivity index (χ2v) is 4.26. The molecule has 0 saturated heterocycles. The number of hydrogen-bond acceptors (Lipinski definition) is 3. The first-order valence-electron chi connectivity index (χ1n) is 5.90. The minimum Gasteiger partial charge on any atom is -0.346 e. The van der Waals surface area contributed by atoms with Crippen LogP contribution in [0.15, 0.2) is 18.3 Å². The molecule has 1 amide bonds. The van der Waals surface area contributed by atoms with E-state index in [1.807, 2.05) is 17.9 Å². The Balaban J connectivity index is 2.08. The maximum absolute atomic E-state index is 11.6. The zero-order valence-corrected chi connectivity index (χ0v) is 10.0. The summed E-state index contributed by atoms with van der Waals surface area (Å²) in [6, 6.07) is 0.0855. The monoisotopic (exact) mass is 234 g/mol. The largest absolute Gasteiger partial charge is 0.346 e. The van der Waals surface area contributed by atoms with Gasteiger partial charge < -0.3 is 11.1 Å². The van der Waals surface area contributed by atoms with Gasteiger partial charge in [-0.2, -0.15) is 5.10 Å². The van der Waals surface area contributed by atoms with E-state index in [0.717, 1.165) is 24.8 Å². The molecule has 1 aliphatic carbocycles. The van der Waals surface area contributed by atoms with Gasteiger partial charge in [0.2, 0.25) is 5.91 Å². The van der Waals surface area contributed by atoms with Crippen molar-refractivity contribution in [1.82, 2.24) is 15.1 Å². The third-order valence-corrected chi connectivity index (χ3v) is 3.10. The van der Waals surface area contributed by atoms with Gasteiger partial charge >= 0.3 is 0 Å². The molecule has 0 spiro atoms. The first-order valence-corrected chi connectivity index (χ1v) is 5.90. The second kappa shape index (κ2) is 5.14. The van der Waals surface area contributed by atoms with Crippen molar-refractivity contribution < 1.29 is 4.79 Å². The van der Waals surface area contributed by atoms with Gasteiger partial charge in [-0.1, -0.05) is 6.08 Å². The van der Waals surface area contributed by atoms with Gasteiger partial charge in [0.15, 0.2) is 0 Å². The number of nitrogens with zero attached hydrogens (tertiary/aromatic N) is 2. The number of amides is 1. The van der Waals surface area contributed by atoms with Crippen molar-refractivity contribution >= 4 is 5.91 Å². The molecule has 0 radical (unpaired) electrons. The molecular formula is C12H18N4O. The van der Waals surface area contributed by atoms with Gasteiger partial charge in [0.05, 0.1) is 12.2 Å². The van der Waals surface area contributed by atoms with Crippen LogP contribution >= 0.6 is 0 Å². The average molecular weight is 234 g/mol. The number of fused-ring (bicyclic) bond motifs is 1. The highest BCUT2D eigenvalue weighted by Crippen LogP contribution is 2.28. The van der Waals surface area contributed by atoms with Gasteiger partial charge in [0.1, 0.15) is 0 Å². The molecule has 17 heavy (non-hydrogen) atoms. The number of carbonyl (C=O) groups is 1. The number of rotatable bonds is 3. The molecule has 1 unspecified atom stereocenters. The number of aryl methyl sites for hydroxylation is 1. The molecule has 1 aromatic rings. The molecule has 5 nitrogen and oxygen atoms in total. The molecule has 1 atom stereocenters. The molecule has 0 fully saturated rings. The Bertz CT molecular complexity index is 436. The number of carbonyl (C=O) groups excluding carboxylic acids is 1. The molecule has 3 N–H and O–H groups in total. The Morgan fingerprint density at radius 3 is 3.35 bits per heavy atom. The van der Waals surface area contributed by atoms with Gasteiger partial charge in [-0.05, 0) is 19.3 Å². The van der Waals surface area contributed by atoms with E-state index in [2.05, 4.69) is 10.4 Å². The number of nitrogens with two attached hydrogens (primary N) is 1. The Morgan fingerprint density at radius 2 is 2.59 bits per heavy atom. The summed E-state index contributed by atoms with van der Waals surface area (Å²) < 4.78 is 1.89. The Labute approximate surface area is 101 Å². The zero-order chi connectivity index (χ0) is 12.3. The fourth-order valence-corrected chi connectivity index (χ4v) is 2.25. The average Bonchev–Trinajstić information content (AvgIpc) is 2.70. The molecule has 0 aliphatic heterocycles. The fourth-order valence-electron chi connectivity index (χ4n) is 2.25. The quantitative estimate of drug-likeness (QED) is 0.745. The van der Waals surface area contributed by atoms with Crippen LogP contribution in [-0.2, 0) is 18.3 Å². The molecule has 1 aromatic heterocycles. The smallest absolute Gasteiger partial charge is 0.244 e. The maximum atomic E-state index is 11.6. The van der Waals surface area contributed by atoms with Gasteiger partial charge in [0, 0.05) is 30.9 Å². The van der Waals surface area contributed by atoms with Gasteiger partial charge in [0.25, 0.3) is 0 Å². The molecule has 2 rings (SSSR count). The number of aromatic nitrogens is 2. The van der Waals surface area contributed by atoms with Crippen molar-refractivity contribution in [2.75, 3.05) is 6.54 Å². The van der Waals surface area contributed by atoms with Gasteiger partial charge in [-0.25, -0.2) is 0 Å². The highest BCUT2D eigenvalue weighted by Gasteiger charge is 2.23. The molecule has 1 heterocycles. The summed E-state index contributed by atoms with van der Waals surface area (Å²) in [5.74, 6) is -0.0860. The highest BCUT2D eigenvalue weighted by molar-refractivity contribution is 5.87. The van der Waals surface area contributed by atoms with E-state index in [1.54, 1.807) is 6.08 Å². The molecule has 92 valence electrons. The summed E-state index contributed by atoms with van der Waals surface area (Å²) in [5, 5.41) is 7.23. The molecule has 1 aliphatic rings. The first-order chi connectivity index (χ1) is 8.22. The van der Waals surface area contributed by atoms with Crippen LogP contribution < -0.4 is 11.1 Å². The standard InChI is InChI=1S/C12H18N4O/c1-16-11-5-2-4-10(9(11)8-14-16)15-12(17)6-3-7-13/h3,6,8,10H,2,4-5,7,13H2,1H3,(H,15,17)/b6-3+. The first kappa shape index (κ1) is 11.9. The lowest BCUT2D eigenvalue weighted by atomic mass is 9.93. The minimum absolute atomic E-state index is 0.0855. The number of hydrogen-bond donors (Lipinski definition) is 2. The molecular weight excluding hydrogens is 216 g/mol. The van der Waals surface area contributed by atoms with Crippen LogP contribution in [0.2, 0.25) is 0 Å². The Morgan fingerprint density at radius 1 is 1.76 bits per heavy atom. The lowest BCUT2D eigenvalue weighted by Gasteiger charge is -2.23. The lowest BCUT2D eigenvalue weighted by molar-refractivity contribution is -0.117. The summed E-state index contributed by atoms with van der Waals surface area (Å²) >= 11 is 0. The SMILES string of the molecule is Cn1ncc2c1CCCC2NC(=O)/C=C/CN. The van der Waals surface area contributed by atoms with Crippen LogP contribution in [0, 0.1) is 0 Å². The van der Waals surface area contributed by atoms with Crippen LogP contribution in [0.5, 0.6) is 0 Å². The van der Waals surface area contributed by atoms with Crippen molar-refractivity contribution in [3.63, 3.8) is 0 Å². The van der Waals surface area contributed by atoms with E-state index in [-0.39, 0.29) is 11.9 Å². The predicted octanol–water partition coefficient (Wildman–Crippen LogP) is 0.429. The summed E-state index contributed by atoms with van der Waals surface area (Å²) in [5.41, 5.74) is 7.68. The minimum atomic E-state index is -0.0860. The van der Waals surface area contributed by atoms with E-state index in [9.17, 15) is 4.79 Å². The van der Waals surface area contributed by atoms with Crippen molar-refractivity contribution in [1.29, 1.82) is 0 Å². The van der Waals surface area contributed by atoms with E-state index < -0.39 is 0 Å². The third-order valence-electron chi connectivity index (χ3n) is 3.10. The van der Waals surface area contributed by atoms with Crippen molar-refractivity contribution in [3.8, 4) is 0 Å². The van der Waals surface area contributed by atoms with E-state index in [4.69, 9.17) is 5.73 Å². The predicted molar refractivity (Wildman–Crippen MR) is 65.2 cm³/mol. The van der Waals surface area contributed by atoms with E-state index >= 15 is 0 Å². The van der Waals surface area contributed by atoms with Gasteiger partial charge in [-0.3, -0.25) is 9.48 Å². The van der Waals surface area contributed by atoms with Crippen LogP contribution in [0.1, 0.15) is 30.1 Å². The van der Waals surface area contributed by atoms with Crippen molar-refractivity contribution in [2.45, 2.75) is 25.3 Å². The maximum Gasteiger partial charge on any atom is 0.244 e. The summed E-state index contributed by atoms with van der Waals surface area (Å²) in [4.78, 5) is 11.6. The Kier molecular flexibility index (Phi) is 3.58. The van der Waals surface area contributed by atoms with E-state index in [1.165, 1.54) is 11.8 Å². The Hall–Kier alpha value is -1.62. The second-order valence-electron chi connectivity index (χ2n) is 4.26. The van der Waals surface area contributed by atoms with Crippen molar-refractivity contribution in [2.24, 2.45) is 12.8 Å². The third kappa shape index (κ3) is 2.55. The molecule has 0 aromatic carbocycles. The summed E-state index contributed by atoms with van der Waals surface area (Å²) in [7, 11) is 1.94. The van der Waals surface area contributed by atoms with Crippen LogP contribution in [0.4, 0.5) is 0 Å². The van der Waals surface area contributed by atoms with Crippen molar-refractivity contribution in [3.05, 3.63) is 29.6 Å².